The molecule has 0 aromatic heterocycles. The van der Waals surface area contributed by atoms with Gasteiger partial charge < -0.3 is 10.4 Å². The van der Waals surface area contributed by atoms with Crippen LogP contribution in [0.15, 0.2) is 0 Å². The van der Waals surface area contributed by atoms with Crippen molar-refractivity contribution in [3.05, 3.63) is 0 Å². The third-order valence-electron chi connectivity index (χ3n) is 2.83. The highest BCUT2D eigenvalue weighted by Crippen LogP contribution is 2.33. The van der Waals surface area contributed by atoms with E-state index in [0.717, 1.165) is 19.5 Å². The van der Waals surface area contributed by atoms with Crippen LogP contribution in [-0.4, -0.2) is 24.8 Å². The van der Waals surface area contributed by atoms with Crippen LogP contribution in [0.1, 0.15) is 26.7 Å². The van der Waals surface area contributed by atoms with Crippen molar-refractivity contribution in [2.75, 3.05) is 19.7 Å². The molecule has 66 valence electrons. The van der Waals surface area contributed by atoms with Gasteiger partial charge >= 0.3 is 0 Å². The molecule has 11 heavy (non-hydrogen) atoms. The van der Waals surface area contributed by atoms with Gasteiger partial charge in [0, 0.05) is 13.2 Å². The molecule has 0 saturated carbocycles. The van der Waals surface area contributed by atoms with Gasteiger partial charge in [-0.05, 0) is 30.7 Å². The largest absolute Gasteiger partial charge is 0.396 e. The third kappa shape index (κ3) is 2.17. The summed E-state index contributed by atoms with van der Waals surface area (Å²) in [5.74, 6) is 0.703. The van der Waals surface area contributed by atoms with Crippen LogP contribution in [0.3, 0.4) is 0 Å². The van der Waals surface area contributed by atoms with E-state index >= 15 is 0 Å². The first-order chi connectivity index (χ1) is 5.17. The van der Waals surface area contributed by atoms with Gasteiger partial charge in [0.1, 0.15) is 0 Å². The van der Waals surface area contributed by atoms with Crippen molar-refractivity contribution in [1.82, 2.24) is 5.32 Å². The molecule has 0 aliphatic carbocycles. The second kappa shape index (κ2) is 3.55. The first-order valence-electron chi connectivity index (χ1n) is 4.48. The summed E-state index contributed by atoms with van der Waals surface area (Å²) in [4.78, 5) is 0. The highest BCUT2D eigenvalue weighted by atomic mass is 16.3. The van der Waals surface area contributed by atoms with Gasteiger partial charge in [0.2, 0.25) is 0 Å². The highest BCUT2D eigenvalue weighted by Gasteiger charge is 2.31. The Morgan fingerprint density at radius 3 is 2.82 bits per heavy atom. The van der Waals surface area contributed by atoms with Gasteiger partial charge in [-0.1, -0.05) is 13.8 Å². The molecule has 1 fully saturated rings. The monoisotopic (exact) mass is 157 g/mol. The van der Waals surface area contributed by atoms with Crippen LogP contribution in [0.4, 0.5) is 0 Å². The van der Waals surface area contributed by atoms with Crippen LogP contribution in [0.25, 0.3) is 0 Å². The molecule has 1 unspecified atom stereocenters. The Balaban J connectivity index is 2.45. The van der Waals surface area contributed by atoms with Crippen molar-refractivity contribution < 1.29 is 5.11 Å². The summed E-state index contributed by atoms with van der Waals surface area (Å²) in [6.45, 7) is 7.11. The summed E-state index contributed by atoms with van der Waals surface area (Å²) in [7, 11) is 0. The number of aliphatic hydroxyl groups excluding tert-OH is 1. The van der Waals surface area contributed by atoms with Gasteiger partial charge in [-0.3, -0.25) is 0 Å². The number of aliphatic hydroxyl groups is 1. The third-order valence-corrected chi connectivity index (χ3v) is 2.83. The van der Waals surface area contributed by atoms with Gasteiger partial charge in [0.05, 0.1) is 0 Å². The van der Waals surface area contributed by atoms with Crippen LogP contribution in [-0.2, 0) is 0 Å². The Morgan fingerprint density at radius 1 is 1.55 bits per heavy atom. The maximum atomic E-state index is 8.83. The molecule has 0 spiro atoms. The van der Waals surface area contributed by atoms with Crippen molar-refractivity contribution in [2.45, 2.75) is 26.7 Å². The molecule has 0 amide bonds. The van der Waals surface area contributed by atoms with E-state index in [0.29, 0.717) is 17.9 Å². The van der Waals surface area contributed by atoms with E-state index in [1.54, 1.807) is 0 Å². The van der Waals surface area contributed by atoms with Crippen LogP contribution >= 0.6 is 0 Å². The fourth-order valence-corrected chi connectivity index (χ4v) is 1.91. The molecule has 0 bridgehead atoms. The van der Waals surface area contributed by atoms with Crippen LogP contribution in [0.2, 0.25) is 0 Å². The molecule has 1 saturated heterocycles. The van der Waals surface area contributed by atoms with E-state index in [2.05, 4.69) is 19.2 Å². The fraction of sp³-hybridized carbons (Fsp3) is 1.00. The molecule has 1 aliphatic heterocycles. The molecule has 0 radical (unpaired) electrons. The quantitative estimate of drug-likeness (QED) is 0.627. The van der Waals surface area contributed by atoms with Crippen LogP contribution < -0.4 is 5.32 Å². The minimum absolute atomic E-state index is 0.341. The maximum Gasteiger partial charge on any atom is 0.0433 e. The summed E-state index contributed by atoms with van der Waals surface area (Å²) >= 11 is 0. The minimum atomic E-state index is 0.341. The van der Waals surface area contributed by atoms with Gasteiger partial charge in [0.25, 0.3) is 0 Å². The number of piperidine rings is 1. The van der Waals surface area contributed by atoms with Crippen molar-refractivity contribution >= 4 is 0 Å². The Labute approximate surface area is 69.0 Å². The summed E-state index contributed by atoms with van der Waals surface area (Å²) in [5, 5.41) is 12.2. The van der Waals surface area contributed by atoms with Gasteiger partial charge in [-0.2, -0.15) is 0 Å². The molecule has 1 aliphatic rings. The molecule has 1 heterocycles. The minimum Gasteiger partial charge on any atom is -0.396 e. The molecule has 1 rings (SSSR count). The van der Waals surface area contributed by atoms with E-state index in [4.69, 9.17) is 5.11 Å². The summed E-state index contributed by atoms with van der Waals surface area (Å²) in [6, 6.07) is 0. The second-order valence-corrected chi connectivity index (χ2v) is 4.16. The zero-order chi connectivity index (χ0) is 8.32. The molecule has 0 aromatic rings. The number of hydrogen-bond acceptors (Lipinski definition) is 2. The molecule has 2 nitrogen and oxygen atoms in total. The number of hydrogen-bond donors (Lipinski definition) is 2. The number of nitrogens with one attached hydrogen (secondary N) is 1. The lowest BCUT2D eigenvalue weighted by Gasteiger charge is -2.38. The highest BCUT2D eigenvalue weighted by molar-refractivity contribution is 4.84. The Bertz CT molecular complexity index is 121. The fourth-order valence-electron chi connectivity index (χ4n) is 1.91. The normalized spacial score (nSPS) is 30.3. The SMILES string of the molecule is CC1(C)CNCCC1CCO. The van der Waals surface area contributed by atoms with Gasteiger partial charge in [0.15, 0.2) is 0 Å². The number of rotatable bonds is 2. The standard InChI is InChI=1S/C9H19NO/c1-9(2)7-10-5-3-8(9)4-6-11/h8,10-11H,3-7H2,1-2H3. The predicted octanol–water partition coefficient (Wildman–Crippen LogP) is 1.00. The van der Waals surface area contributed by atoms with Crippen molar-refractivity contribution in [3.63, 3.8) is 0 Å². The zero-order valence-corrected chi connectivity index (χ0v) is 7.56. The van der Waals surface area contributed by atoms with Crippen molar-refractivity contribution in [3.8, 4) is 0 Å². The molecule has 1 atom stereocenters. The van der Waals surface area contributed by atoms with Crippen molar-refractivity contribution in [1.29, 1.82) is 0 Å². The van der Waals surface area contributed by atoms with Crippen molar-refractivity contribution in [2.24, 2.45) is 11.3 Å². The van der Waals surface area contributed by atoms with Crippen LogP contribution in [0.5, 0.6) is 0 Å². The smallest absolute Gasteiger partial charge is 0.0433 e. The summed E-state index contributed by atoms with van der Waals surface area (Å²) in [6.07, 6.45) is 2.18. The van der Waals surface area contributed by atoms with E-state index in [1.807, 2.05) is 0 Å². The average Bonchev–Trinajstić information content (AvgIpc) is 1.94. The van der Waals surface area contributed by atoms with Crippen LogP contribution in [0, 0.1) is 11.3 Å². The first kappa shape index (κ1) is 9.01. The van der Waals surface area contributed by atoms with Gasteiger partial charge in [-0.25, -0.2) is 0 Å². The average molecular weight is 157 g/mol. The summed E-state index contributed by atoms with van der Waals surface area (Å²) < 4.78 is 0. The van der Waals surface area contributed by atoms with E-state index in [-0.39, 0.29) is 0 Å². The first-order valence-corrected chi connectivity index (χ1v) is 4.48. The van der Waals surface area contributed by atoms with Gasteiger partial charge in [-0.15, -0.1) is 0 Å². The maximum absolute atomic E-state index is 8.83. The Kier molecular flexibility index (Phi) is 2.90. The summed E-state index contributed by atoms with van der Waals surface area (Å²) in [5.41, 5.74) is 0.376. The molecule has 2 N–H and O–H groups in total. The second-order valence-electron chi connectivity index (χ2n) is 4.16. The van der Waals surface area contributed by atoms with E-state index in [9.17, 15) is 0 Å². The Morgan fingerprint density at radius 2 is 2.27 bits per heavy atom. The topological polar surface area (TPSA) is 32.3 Å². The molecule has 0 aromatic carbocycles. The molecular weight excluding hydrogens is 138 g/mol. The predicted molar refractivity (Wildman–Crippen MR) is 46.5 cm³/mol. The van der Waals surface area contributed by atoms with E-state index < -0.39 is 0 Å². The molecular formula is C9H19NO. The van der Waals surface area contributed by atoms with E-state index in [1.165, 1.54) is 6.42 Å². The molecule has 2 heteroatoms. The lowest BCUT2D eigenvalue weighted by Crippen LogP contribution is -2.43. The Hall–Kier alpha value is -0.0800. The lowest BCUT2D eigenvalue weighted by atomic mass is 9.73. The zero-order valence-electron chi connectivity index (χ0n) is 7.56. The lowest BCUT2D eigenvalue weighted by molar-refractivity contribution is 0.120.